The van der Waals surface area contributed by atoms with Gasteiger partial charge in [-0.1, -0.05) is 0 Å². The number of rotatable bonds is 4. The molecule has 0 unspecified atom stereocenters. The topological polar surface area (TPSA) is 85.2 Å². The molecule has 31 heavy (non-hydrogen) atoms. The molecule has 7 nitrogen and oxygen atoms in total. The molecule has 0 spiro atoms. The van der Waals surface area contributed by atoms with Gasteiger partial charge in [-0.2, -0.15) is 8.42 Å². The van der Waals surface area contributed by atoms with Crippen LogP contribution in [-0.4, -0.2) is 40.2 Å². The highest BCUT2D eigenvalue weighted by Gasteiger charge is 2.27. The van der Waals surface area contributed by atoms with Crippen molar-refractivity contribution in [3.63, 3.8) is 0 Å². The van der Waals surface area contributed by atoms with Crippen LogP contribution in [0.5, 0.6) is 0 Å². The van der Waals surface area contributed by atoms with E-state index in [2.05, 4.69) is 9.97 Å². The van der Waals surface area contributed by atoms with Gasteiger partial charge in [0.2, 0.25) is 5.91 Å². The third-order valence-corrected chi connectivity index (χ3v) is 6.90. The molecular weight excluding hydrogens is 419 g/mol. The fourth-order valence-corrected chi connectivity index (χ4v) is 4.55. The highest BCUT2D eigenvalue weighted by Crippen LogP contribution is 2.40. The number of carbonyl (C=O) groups is 1. The Labute approximate surface area is 178 Å². The van der Waals surface area contributed by atoms with Gasteiger partial charge < -0.3 is 4.57 Å². The van der Waals surface area contributed by atoms with Gasteiger partial charge in [-0.15, -0.1) is 0 Å². The van der Waals surface area contributed by atoms with Gasteiger partial charge in [0.15, 0.2) is 5.03 Å². The van der Waals surface area contributed by atoms with E-state index in [1.807, 2.05) is 12.1 Å². The van der Waals surface area contributed by atoms with E-state index < -0.39 is 15.9 Å². The number of amides is 1. The predicted molar refractivity (Wildman–Crippen MR) is 115 cm³/mol. The second kappa shape index (κ2) is 7.59. The maximum atomic E-state index is 13.5. The summed E-state index contributed by atoms with van der Waals surface area (Å²) in [4.78, 5) is 20.1. The molecule has 3 aromatic heterocycles. The number of aryl methyl sites for hydroxylation is 1. The van der Waals surface area contributed by atoms with Crippen molar-refractivity contribution in [1.82, 2.24) is 18.8 Å². The Morgan fingerprint density at radius 1 is 1.00 bits per heavy atom. The average molecular weight is 438 g/mol. The zero-order valence-electron chi connectivity index (χ0n) is 17.1. The molecule has 0 aliphatic heterocycles. The number of fused-ring (bicyclic) bond motifs is 1. The third kappa shape index (κ3) is 3.46. The van der Waals surface area contributed by atoms with Gasteiger partial charge in [0.25, 0.3) is 10.0 Å². The van der Waals surface area contributed by atoms with Crippen LogP contribution >= 0.6 is 0 Å². The molecule has 1 aromatic carbocycles. The van der Waals surface area contributed by atoms with Gasteiger partial charge in [-0.25, -0.2) is 13.7 Å². The van der Waals surface area contributed by atoms with E-state index in [4.69, 9.17) is 0 Å². The van der Waals surface area contributed by atoms with Crippen LogP contribution in [0.15, 0.2) is 66.0 Å². The number of benzene rings is 1. The number of aromatic nitrogens is 3. The Morgan fingerprint density at radius 2 is 1.65 bits per heavy atom. The lowest BCUT2D eigenvalue weighted by Crippen LogP contribution is -2.31. The Morgan fingerprint density at radius 3 is 2.26 bits per heavy atom. The van der Waals surface area contributed by atoms with E-state index in [0.29, 0.717) is 9.95 Å². The molecular formula is C22H19FN4O3S. The number of carbonyl (C=O) groups excluding carboxylic acids is 1. The van der Waals surface area contributed by atoms with E-state index in [0.717, 1.165) is 27.8 Å². The lowest BCUT2D eigenvalue weighted by atomic mass is 10.00. The van der Waals surface area contributed by atoms with E-state index in [9.17, 15) is 17.6 Å². The molecule has 0 saturated heterocycles. The SMILES string of the molecule is CC(=O)N(C)S(=O)(=O)c1ccc2c(-c3ccncc3)c(-c3ccc(F)cc3)n(C)c2n1. The Bertz CT molecular complexity index is 1400. The summed E-state index contributed by atoms with van der Waals surface area (Å²) in [5, 5.41) is 0.489. The lowest BCUT2D eigenvalue weighted by Gasteiger charge is -2.14. The molecule has 0 fully saturated rings. The number of hydrogen-bond donors (Lipinski definition) is 0. The summed E-state index contributed by atoms with van der Waals surface area (Å²) in [6, 6.07) is 12.8. The molecule has 0 bridgehead atoms. The Hall–Kier alpha value is -3.59. The zero-order valence-corrected chi connectivity index (χ0v) is 17.9. The average Bonchev–Trinajstić information content (AvgIpc) is 3.06. The number of sulfonamides is 1. The van der Waals surface area contributed by atoms with E-state index in [1.54, 1.807) is 42.2 Å². The molecule has 0 N–H and O–H groups in total. The zero-order chi connectivity index (χ0) is 22.3. The molecule has 1 amide bonds. The van der Waals surface area contributed by atoms with Gasteiger partial charge in [0.05, 0.1) is 5.69 Å². The number of halogens is 1. The van der Waals surface area contributed by atoms with Crippen molar-refractivity contribution in [1.29, 1.82) is 0 Å². The summed E-state index contributed by atoms with van der Waals surface area (Å²) in [5.41, 5.74) is 3.60. The molecule has 158 valence electrons. The molecule has 4 rings (SSSR count). The maximum Gasteiger partial charge on any atom is 0.283 e. The van der Waals surface area contributed by atoms with E-state index in [-0.39, 0.29) is 10.8 Å². The molecule has 0 saturated carbocycles. The minimum absolute atomic E-state index is 0.231. The monoisotopic (exact) mass is 438 g/mol. The molecule has 4 aromatic rings. The van der Waals surface area contributed by atoms with Crippen LogP contribution in [0, 0.1) is 5.82 Å². The third-order valence-electron chi connectivity index (χ3n) is 5.16. The summed E-state index contributed by atoms with van der Waals surface area (Å²) >= 11 is 0. The van der Waals surface area contributed by atoms with Crippen molar-refractivity contribution in [3.05, 3.63) is 66.7 Å². The summed E-state index contributed by atoms with van der Waals surface area (Å²) in [6.45, 7) is 1.17. The van der Waals surface area contributed by atoms with Crippen LogP contribution in [0.4, 0.5) is 4.39 Å². The number of hydrogen-bond acceptors (Lipinski definition) is 5. The van der Waals surface area contributed by atoms with Gasteiger partial charge >= 0.3 is 0 Å². The van der Waals surface area contributed by atoms with E-state index in [1.165, 1.54) is 32.2 Å². The predicted octanol–water partition coefficient (Wildman–Crippen LogP) is 3.61. The van der Waals surface area contributed by atoms with Crippen molar-refractivity contribution in [2.75, 3.05) is 7.05 Å². The van der Waals surface area contributed by atoms with Gasteiger partial charge in [-0.05, 0) is 59.7 Å². The summed E-state index contributed by atoms with van der Waals surface area (Å²) in [5.74, 6) is -0.968. The van der Waals surface area contributed by atoms with Crippen molar-refractivity contribution in [2.24, 2.45) is 7.05 Å². The normalized spacial score (nSPS) is 11.6. The first-order chi connectivity index (χ1) is 14.7. The van der Waals surface area contributed by atoms with Crippen LogP contribution in [0.1, 0.15) is 6.92 Å². The molecule has 3 heterocycles. The largest absolute Gasteiger partial charge is 0.328 e. The van der Waals surface area contributed by atoms with E-state index >= 15 is 0 Å². The second-order valence-electron chi connectivity index (χ2n) is 7.04. The van der Waals surface area contributed by atoms with Crippen LogP contribution in [0.3, 0.4) is 0 Å². The van der Waals surface area contributed by atoms with Gasteiger partial charge in [0, 0.05) is 44.4 Å². The first kappa shape index (κ1) is 20.7. The minimum Gasteiger partial charge on any atom is -0.328 e. The Balaban J connectivity index is 2.04. The van der Waals surface area contributed by atoms with Crippen molar-refractivity contribution in [3.8, 4) is 22.4 Å². The Kier molecular flexibility index (Phi) is 5.06. The molecule has 9 heteroatoms. The van der Waals surface area contributed by atoms with Gasteiger partial charge in [0.1, 0.15) is 11.5 Å². The summed E-state index contributed by atoms with van der Waals surface area (Å²) in [6.07, 6.45) is 3.33. The summed E-state index contributed by atoms with van der Waals surface area (Å²) < 4.78 is 41.5. The van der Waals surface area contributed by atoms with Crippen molar-refractivity contribution < 1.29 is 17.6 Å². The maximum absolute atomic E-state index is 13.5. The minimum atomic E-state index is -4.09. The smallest absolute Gasteiger partial charge is 0.283 e. The lowest BCUT2D eigenvalue weighted by molar-refractivity contribution is -0.123. The molecule has 0 radical (unpaired) electrons. The highest BCUT2D eigenvalue weighted by molar-refractivity contribution is 7.89. The number of pyridine rings is 2. The fourth-order valence-electron chi connectivity index (χ4n) is 3.49. The highest BCUT2D eigenvalue weighted by atomic mass is 32.2. The van der Waals surface area contributed by atoms with Gasteiger partial charge in [-0.3, -0.25) is 9.78 Å². The second-order valence-corrected chi connectivity index (χ2v) is 8.95. The van der Waals surface area contributed by atoms with Crippen molar-refractivity contribution >= 4 is 27.0 Å². The molecule has 0 atom stereocenters. The first-order valence-electron chi connectivity index (χ1n) is 9.37. The van der Waals surface area contributed by atoms with Crippen LogP contribution in [-0.2, 0) is 21.9 Å². The molecule has 0 aliphatic rings. The van der Waals surface area contributed by atoms with Crippen molar-refractivity contribution in [2.45, 2.75) is 11.9 Å². The van der Waals surface area contributed by atoms with Crippen LogP contribution < -0.4 is 0 Å². The first-order valence-corrected chi connectivity index (χ1v) is 10.8. The standard InChI is InChI=1S/C22H19FN4O3S/c1-14(28)27(3)31(29,30)19-9-8-18-20(15-10-12-24-13-11-15)21(26(2)22(18)25-19)16-4-6-17(23)7-5-16/h4-13H,1-3H3. The molecule has 0 aliphatic carbocycles. The van der Waals surface area contributed by atoms with Crippen LogP contribution in [0.25, 0.3) is 33.4 Å². The quantitative estimate of drug-likeness (QED) is 0.486. The summed E-state index contributed by atoms with van der Waals surface area (Å²) in [7, 11) is -1.12. The number of nitrogens with zero attached hydrogens (tertiary/aromatic N) is 4. The van der Waals surface area contributed by atoms with Crippen LogP contribution in [0.2, 0.25) is 0 Å². The fraction of sp³-hybridized carbons (Fsp3) is 0.136.